The Kier molecular flexibility index (Phi) is 4.31. The fourth-order valence-electron chi connectivity index (χ4n) is 2.98. The van der Waals surface area contributed by atoms with Crippen molar-refractivity contribution in [3.05, 3.63) is 18.5 Å². The highest BCUT2D eigenvalue weighted by molar-refractivity contribution is 5.95. The van der Waals surface area contributed by atoms with E-state index in [0.717, 1.165) is 31.6 Å². The molecule has 0 unspecified atom stereocenters. The van der Waals surface area contributed by atoms with E-state index in [0.29, 0.717) is 16.8 Å². The minimum Gasteiger partial charge on any atom is -0.396 e. The third kappa shape index (κ3) is 3.50. The fraction of sp³-hybridized carbons (Fsp3) is 0.625. The van der Waals surface area contributed by atoms with Crippen molar-refractivity contribution in [2.45, 2.75) is 46.5 Å². The lowest BCUT2D eigenvalue weighted by atomic mass is 9.69. The highest BCUT2D eigenvalue weighted by Crippen LogP contribution is 2.40. The minimum atomic E-state index is 0.0928. The van der Waals surface area contributed by atoms with Crippen LogP contribution in [0.4, 0.5) is 11.4 Å². The van der Waals surface area contributed by atoms with Crippen LogP contribution in [-0.4, -0.2) is 10.9 Å². The number of nitrogens with zero attached hydrogens (tertiary/aromatic N) is 1. The second kappa shape index (κ2) is 5.81. The summed E-state index contributed by atoms with van der Waals surface area (Å²) < 4.78 is 0. The van der Waals surface area contributed by atoms with Gasteiger partial charge in [0.25, 0.3) is 0 Å². The Bertz CT molecular complexity index is 471. The molecular weight excluding hydrogens is 250 g/mol. The summed E-state index contributed by atoms with van der Waals surface area (Å²) in [6, 6.07) is 1.74. The molecule has 0 saturated heterocycles. The summed E-state index contributed by atoms with van der Waals surface area (Å²) in [5.74, 6) is 0.925. The average molecular weight is 275 g/mol. The number of carbonyl (C=O) groups is 1. The SMILES string of the molecule is CC(C)(C)C1CCC(C(=O)Nc2ccncc2N)CC1. The van der Waals surface area contributed by atoms with E-state index in [4.69, 9.17) is 5.73 Å². The van der Waals surface area contributed by atoms with E-state index in [-0.39, 0.29) is 11.8 Å². The molecule has 0 aromatic carbocycles. The third-order valence-electron chi connectivity index (χ3n) is 4.43. The van der Waals surface area contributed by atoms with Gasteiger partial charge in [-0.05, 0) is 43.1 Å². The van der Waals surface area contributed by atoms with Gasteiger partial charge < -0.3 is 11.1 Å². The number of nitrogens with one attached hydrogen (secondary N) is 1. The molecule has 0 atom stereocenters. The first kappa shape index (κ1) is 14.8. The van der Waals surface area contributed by atoms with Crippen molar-refractivity contribution in [2.24, 2.45) is 17.3 Å². The van der Waals surface area contributed by atoms with Gasteiger partial charge in [0.2, 0.25) is 5.91 Å². The summed E-state index contributed by atoms with van der Waals surface area (Å²) in [5.41, 5.74) is 7.33. The monoisotopic (exact) mass is 275 g/mol. The molecule has 2 rings (SSSR count). The average Bonchev–Trinajstić information content (AvgIpc) is 2.40. The van der Waals surface area contributed by atoms with E-state index in [1.165, 1.54) is 0 Å². The van der Waals surface area contributed by atoms with Crippen LogP contribution in [0.2, 0.25) is 0 Å². The fourth-order valence-corrected chi connectivity index (χ4v) is 2.98. The van der Waals surface area contributed by atoms with Crippen molar-refractivity contribution in [3.63, 3.8) is 0 Å². The van der Waals surface area contributed by atoms with Gasteiger partial charge in [0, 0.05) is 12.1 Å². The quantitative estimate of drug-likeness (QED) is 0.868. The van der Waals surface area contributed by atoms with Gasteiger partial charge in [-0.2, -0.15) is 0 Å². The lowest BCUT2D eigenvalue weighted by Gasteiger charge is -2.36. The van der Waals surface area contributed by atoms with Gasteiger partial charge in [0.15, 0.2) is 0 Å². The number of carbonyl (C=O) groups excluding carboxylic acids is 1. The minimum absolute atomic E-state index is 0.0928. The molecule has 1 aliphatic carbocycles. The topological polar surface area (TPSA) is 68.0 Å². The molecule has 1 aromatic rings. The summed E-state index contributed by atoms with van der Waals surface area (Å²) in [4.78, 5) is 16.2. The van der Waals surface area contributed by atoms with Crippen LogP contribution in [0, 0.1) is 17.3 Å². The third-order valence-corrected chi connectivity index (χ3v) is 4.43. The zero-order valence-electron chi connectivity index (χ0n) is 12.6. The van der Waals surface area contributed by atoms with Gasteiger partial charge in [0.05, 0.1) is 17.6 Å². The maximum atomic E-state index is 12.3. The number of aromatic nitrogens is 1. The van der Waals surface area contributed by atoms with E-state index < -0.39 is 0 Å². The molecule has 1 aromatic heterocycles. The van der Waals surface area contributed by atoms with Crippen molar-refractivity contribution in [1.29, 1.82) is 0 Å². The normalized spacial score (nSPS) is 23.4. The van der Waals surface area contributed by atoms with E-state index >= 15 is 0 Å². The maximum Gasteiger partial charge on any atom is 0.227 e. The zero-order chi connectivity index (χ0) is 14.8. The number of rotatable bonds is 2. The Balaban J connectivity index is 1.91. The molecule has 0 spiro atoms. The molecule has 0 radical (unpaired) electrons. The zero-order valence-corrected chi connectivity index (χ0v) is 12.6. The molecule has 0 aliphatic heterocycles. The molecule has 1 heterocycles. The van der Waals surface area contributed by atoms with E-state index in [2.05, 4.69) is 31.1 Å². The predicted octanol–water partition coefficient (Wildman–Crippen LogP) is 3.45. The number of pyridine rings is 1. The van der Waals surface area contributed by atoms with Crippen molar-refractivity contribution in [1.82, 2.24) is 4.98 Å². The summed E-state index contributed by atoms with van der Waals surface area (Å²) in [6.07, 6.45) is 7.41. The van der Waals surface area contributed by atoms with Gasteiger partial charge in [-0.1, -0.05) is 20.8 Å². The highest BCUT2D eigenvalue weighted by atomic mass is 16.1. The van der Waals surface area contributed by atoms with Gasteiger partial charge in [-0.15, -0.1) is 0 Å². The largest absolute Gasteiger partial charge is 0.396 e. The Morgan fingerprint density at radius 3 is 2.50 bits per heavy atom. The number of nitrogen functional groups attached to an aromatic ring is 1. The first-order valence-corrected chi connectivity index (χ1v) is 7.38. The molecule has 3 N–H and O–H groups in total. The standard InChI is InChI=1S/C16H25N3O/c1-16(2,3)12-6-4-11(5-7-12)15(20)19-14-8-9-18-10-13(14)17/h8-12H,4-7,17H2,1-3H3,(H,18,19,20). The van der Waals surface area contributed by atoms with Crippen LogP contribution >= 0.6 is 0 Å². The first-order chi connectivity index (χ1) is 9.38. The van der Waals surface area contributed by atoms with Gasteiger partial charge in [0.1, 0.15) is 0 Å². The van der Waals surface area contributed by atoms with Gasteiger partial charge in [-0.25, -0.2) is 0 Å². The Morgan fingerprint density at radius 2 is 1.95 bits per heavy atom. The Morgan fingerprint density at radius 1 is 1.30 bits per heavy atom. The van der Waals surface area contributed by atoms with Crippen LogP contribution in [0.25, 0.3) is 0 Å². The summed E-state index contributed by atoms with van der Waals surface area (Å²) >= 11 is 0. The number of amides is 1. The van der Waals surface area contributed by atoms with Crippen molar-refractivity contribution in [2.75, 3.05) is 11.1 Å². The summed E-state index contributed by atoms with van der Waals surface area (Å²) in [7, 11) is 0. The molecule has 20 heavy (non-hydrogen) atoms. The van der Waals surface area contributed by atoms with Crippen molar-refractivity contribution < 1.29 is 4.79 Å². The van der Waals surface area contributed by atoms with Crippen molar-refractivity contribution in [3.8, 4) is 0 Å². The highest BCUT2D eigenvalue weighted by Gasteiger charge is 2.32. The number of anilines is 2. The molecule has 1 amide bonds. The summed E-state index contributed by atoms with van der Waals surface area (Å²) in [5, 5.41) is 2.93. The smallest absolute Gasteiger partial charge is 0.227 e. The number of hydrogen-bond donors (Lipinski definition) is 2. The van der Waals surface area contributed by atoms with Crippen LogP contribution in [0.3, 0.4) is 0 Å². The van der Waals surface area contributed by atoms with Crippen molar-refractivity contribution >= 4 is 17.3 Å². The van der Waals surface area contributed by atoms with E-state index in [9.17, 15) is 4.79 Å². The molecule has 4 nitrogen and oxygen atoms in total. The maximum absolute atomic E-state index is 12.3. The molecule has 0 bridgehead atoms. The van der Waals surface area contributed by atoms with Crippen LogP contribution in [0.1, 0.15) is 46.5 Å². The summed E-state index contributed by atoms with van der Waals surface area (Å²) in [6.45, 7) is 6.86. The van der Waals surface area contributed by atoms with Gasteiger partial charge >= 0.3 is 0 Å². The van der Waals surface area contributed by atoms with Gasteiger partial charge in [-0.3, -0.25) is 9.78 Å². The lowest BCUT2D eigenvalue weighted by molar-refractivity contribution is -0.121. The molecule has 4 heteroatoms. The molecule has 1 fully saturated rings. The van der Waals surface area contributed by atoms with E-state index in [1.54, 1.807) is 18.5 Å². The Hall–Kier alpha value is -1.58. The van der Waals surface area contributed by atoms with Crippen LogP contribution in [-0.2, 0) is 4.79 Å². The van der Waals surface area contributed by atoms with Crippen LogP contribution < -0.4 is 11.1 Å². The number of hydrogen-bond acceptors (Lipinski definition) is 3. The molecule has 110 valence electrons. The first-order valence-electron chi connectivity index (χ1n) is 7.38. The lowest BCUT2D eigenvalue weighted by Crippen LogP contribution is -2.31. The Labute approximate surface area is 121 Å². The second-order valence-corrected chi connectivity index (χ2v) is 6.87. The van der Waals surface area contributed by atoms with E-state index in [1.807, 2.05) is 0 Å². The molecule has 1 aliphatic rings. The number of nitrogens with two attached hydrogens (primary N) is 1. The second-order valence-electron chi connectivity index (χ2n) is 6.87. The molecular formula is C16H25N3O. The van der Waals surface area contributed by atoms with Crippen LogP contribution in [0.15, 0.2) is 18.5 Å². The molecule has 1 saturated carbocycles. The van der Waals surface area contributed by atoms with Crippen LogP contribution in [0.5, 0.6) is 0 Å². The predicted molar refractivity (Wildman–Crippen MR) is 82.2 cm³/mol.